The van der Waals surface area contributed by atoms with Crippen molar-refractivity contribution in [3.05, 3.63) is 107 Å². The summed E-state index contributed by atoms with van der Waals surface area (Å²) in [6, 6.07) is 22.4. The van der Waals surface area contributed by atoms with E-state index < -0.39 is 15.8 Å². The highest BCUT2D eigenvalue weighted by Crippen LogP contribution is 2.35. The van der Waals surface area contributed by atoms with E-state index in [-0.39, 0.29) is 18.1 Å². The van der Waals surface area contributed by atoms with Crippen molar-refractivity contribution in [1.82, 2.24) is 0 Å². The molecule has 0 unspecified atom stereocenters. The lowest BCUT2D eigenvalue weighted by Crippen LogP contribution is -2.29. The molecule has 0 spiro atoms. The Labute approximate surface area is 197 Å². The molecule has 4 aromatic carbocycles. The highest BCUT2D eigenvalue weighted by Gasteiger charge is 2.20. The summed E-state index contributed by atoms with van der Waals surface area (Å²) in [6.45, 7) is 0.0268. The molecule has 0 saturated heterocycles. The largest absolute Gasteiger partial charge is 0.321 e. The molecule has 0 saturated carbocycles. The molecular weight excluding hydrogens is 451 g/mol. The summed E-state index contributed by atoms with van der Waals surface area (Å²) in [5.74, 6) is -0.753. The topological polar surface area (TPSA) is 66.5 Å². The first kappa shape index (κ1) is 22.1. The first-order valence-corrected chi connectivity index (χ1v) is 12.8. The molecule has 0 atom stereocenters. The molecule has 1 aliphatic rings. The van der Waals surface area contributed by atoms with Gasteiger partial charge in [0.1, 0.15) is 5.82 Å². The maximum Gasteiger partial charge on any atom is 0.255 e. The van der Waals surface area contributed by atoms with Crippen LogP contribution in [-0.4, -0.2) is 20.6 Å². The fourth-order valence-electron chi connectivity index (χ4n) is 4.51. The monoisotopic (exact) mass is 474 g/mol. The average Bonchev–Trinajstić information content (AvgIpc) is 3.23. The van der Waals surface area contributed by atoms with Crippen LogP contribution in [0.25, 0.3) is 10.8 Å². The molecule has 34 heavy (non-hydrogen) atoms. The van der Waals surface area contributed by atoms with Crippen molar-refractivity contribution < 1.29 is 17.6 Å². The zero-order valence-electron chi connectivity index (χ0n) is 18.6. The molecule has 5 nitrogen and oxygen atoms in total. The molecule has 1 aliphatic carbocycles. The molecule has 0 heterocycles. The number of nitrogens with zero attached hydrogens (tertiary/aromatic N) is 1. The van der Waals surface area contributed by atoms with E-state index in [2.05, 4.69) is 17.4 Å². The molecule has 5 rings (SSSR count). The minimum absolute atomic E-state index is 0.0268. The van der Waals surface area contributed by atoms with Crippen LogP contribution in [0.15, 0.2) is 78.9 Å². The number of hydrogen-bond acceptors (Lipinski definition) is 3. The first-order valence-electron chi connectivity index (χ1n) is 11.0. The number of amides is 1. The van der Waals surface area contributed by atoms with E-state index in [1.54, 1.807) is 30.3 Å². The van der Waals surface area contributed by atoms with E-state index in [4.69, 9.17) is 0 Å². The minimum Gasteiger partial charge on any atom is -0.321 e. The predicted octanol–water partition coefficient (Wildman–Crippen LogP) is 5.30. The molecule has 1 amide bonds. The molecule has 7 heteroatoms. The zero-order chi connectivity index (χ0) is 23.9. The molecule has 0 bridgehead atoms. The number of sulfonamides is 1. The summed E-state index contributed by atoms with van der Waals surface area (Å²) < 4.78 is 39.4. The summed E-state index contributed by atoms with van der Waals surface area (Å²) in [7, 11) is -3.64. The molecule has 172 valence electrons. The number of benzene rings is 4. The SMILES string of the molecule is CS(=O)(=O)N(Cc1ccc(C(=O)Nc2ccc3c4c(cccc24)CC3)cc1)c1cccc(F)c1. The van der Waals surface area contributed by atoms with Crippen molar-refractivity contribution in [2.45, 2.75) is 19.4 Å². The Kier molecular flexibility index (Phi) is 5.57. The third-order valence-electron chi connectivity index (χ3n) is 6.16. The second-order valence-corrected chi connectivity index (χ2v) is 10.4. The minimum atomic E-state index is -3.64. The number of carbonyl (C=O) groups excluding carboxylic acids is 1. The predicted molar refractivity (Wildman–Crippen MR) is 133 cm³/mol. The van der Waals surface area contributed by atoms with Crippen molar-refractivity contribution in [3.8, 4) is 0 Å². The number of nitrogens with one attached hydrogen (secondary N) is 1. The summed E-state index contributed by atoms with van der Waals surface area (Å²) in [5, 5.41) is 5.28. The van der Waals surface area contributed by atoms with Crippen LogP contribution in [0, 0.1) is 5.82 Å². The Morgan fingerprint density at radius 3 is 2.35 bits per heavy atom. The maximum atomic E-state index is 13.7. The lowest BCUT2D eigenvalue weighted by molar-refractivity contribution is 0.102. The smallest absolute Gasteiger partial charge is 0.255 e. The first-order chi connectivity index (χ1) is 16.3. The number of carbonyl (C=O) groups is 1. The van der Waals surface area contributed by atoms with Crippen LogP contribution in [0.1, 0.15) is 27.0 Å². The van der Waals surface area contributed by atoms with Crippen LogP contribution in [0.4, 0.5) is 15.8 Å². The summed E-state index contributed by atoms with van der Waals surface area (Å²) in [5.41, 5.74) is 4.77. The lowest BCUT2D eigenvalue weighted by atomic mass is 10.0. The Hall–Kier alpha value is -3.71. The highest BCUT2D eigenvalue weighted by molar-refractivity contribution is 7.92. The van der Waals surface area contributed by atoms with Gasteiger partial charge < -0.3 is 5.32 Å². The van der Waals surface area contributed by atoms with Gasteiger partial charge in [-0.25, -0.2) is 12.8 Å². The van der Waals surface area contributed by atoms with Gasteiger partial charge in [-0.2, -0.15) is 0 Å². The van der Waals surface area contributed by atoms with E-state index in [0.717, 1.165) is 34.5 Å². The third-order valence-corrected chi connectivity index (χ3v) is 7.30. The van der Waals surface area contributed by atoms with E-state index in [1.807, 2.05) is 18.2 Å². The molecule has 0 aliphatic heterocycles. The molecule has 1 N–H and O–H groups in total. The van der Waals surface area contributed by atoms with Crippen molar-refractivity contribution >= 4 is 38.1 Å². The second kappa shape index (κ2) is 8.57. The summed E-state index contributed by atoms with van der Waals surface area (Å²) in [6.07, 6.45) is 3.12. The van der Waals surface area contributed by atoms with Gasteiger partial charge in [0.2, 0.25) is 10.0 Å². The highest BCUT2D eigenvalue weighted by atomic mass is 32.2. The Morgan fingerprint density at radius 2 is 1.65 bits per heavy atom. The molecular formula is C27H23FN2O3S. The second-order valence-electron chi connectivity index (χ2n) is 8.51. The van der Waals surface area contributed by atoms with Crippen molar-refractivity contribution in [2.75, 3.05) is 15.9 Å². The van der Waals surface area contributed by atoms with Crippen LogP contribution in [0.3, 0.4) is 0 Å². The van der Waals surface area contributed by atoms with Crippen LogP contribution < -0.4 is 9.62 Å². The van der Waals surface area contributed by atoms with Gasteiger partial charge in [0, 0.05) is 16.6 Å². The van der Waals surface area contributed by atoms with Crippen LogP contribution in [-0.2, 0) is 29.4 Å². The maximum absolute atomic E-state index is 13.7. The van der Waals surface area contributed by atoms with Gasteiger partial charge in [0.15, 0.2) is 0 Å². The standard InChI is InChI=1S/C27H23FN2O3S/c1-34(32,33)30(23-6-3-5-22(28)16-23)17-18-8-10-21(11-9-18)27(31)29-25-15-14-20-13-12-19-4-2-7-24(25)26(19)20/h2-11,14-16H,12-13,17H2,1H3,(H,29,31). The van der Waals surface area contributed by atoms with E-state index in [9.17, 15) is 17.6 Å². The van der Waals surface area contributed by atoms with Gasteiger partial charge in [0.05, 0.1) is 18.5 Å². The number of rotatable bonds is 6. The summed E-state index contributed by atoms with van der Waals surface area (Å²) in [4.78, 5) is 12.9. The normalized spacial score (nSPS) is 12.6. The third kappa shape index (κ3) is 4.26. The van der Waals surface area contributed by atoms with Crippen LogP contribution >= 0.6 is 0 Å². The van der Waals surface area contributed by atoms with Crippen LogP contribution in [0.2, 0.25) is 0 Å². The van der Waals surface area contributed by atoms with E-state index >= 15 is 0 Å². The van der Waals surface area contributed by atoms with Gasteiger partial charge in [-0.15, -0.1) is 0 Å². The Morgan fingerprint density at radius 1 is 0.941 bits per heavy atom. The Bertz CT molecular complexity index is 1500. The number of halogens is 1. The lowest BCUT2D eigenvalue weighted by Gasteiger charge is -2.22. The molecule has 0 fully saturated rings. The summed E-state index contributed by atoms with van der Waals surface area (Å²) >= 11 is 0. The number of anilines is 2. The zero-order valence-corrected chi connectivity index (χ0v) is 19.4. The quantitative estimate of drug-likeness (QED) is 0.413. The average molecular weight is 475 g/mol. The fraction of sp³-hybridized carbons (Fsp3) is 0.148. The number of aryl methyl sites for hydroxylation is 2. The fourth-order valence-corrected chi connectivity index (χ4v) is 5.39. The van der Waals surface area contributed by atoms with Gasteiger partial charge in [-0.05, 0) is 71.3 Å². The molecule has 4 aromatic rings. The van der Waals surface area contributed by atoms with Gasteiger partial charge in [0.25, 0.3) is 5.91 Å². The van der Waals surface area contributed by atoms with Gasteiger partial charge in [-0.1, -0.05) is 42.5 Å². The van der Waals surface area contributed by atoms with Crippen LogP contribution in [0.5, 0.6) is 0 Å². The number of hydrogen-bond donors (Lipinski definition) is 1. The van der Waals surface area contributed by atoms with Gasteiger partial charge >= 0.3 is 0 Å². The van der Waals surface area contributed by atoms with Gasteiger partial charge in [-0.3, -0.25) is 9.10 Å². The van der Waals surface area contributed by atoms with E-state index in [0.29, 0.717) is 11.1 Å². The van der Waals surface area contributed by atoms with E-state index in [1.165, 1.54) is 34.7 Å². The molecule has 0 aromatic heterocycles. The van der Waals surface area contributed by atoms with Crippen molar-refractivity contribution in [2.24, 2.45) is 0 Å². The molecule has 0 radical (unpaired) electrons. The Balaban J connectivity index is 1.36. The van der Waals surface area contributed by atoms with Crippen molar-refractivity contribution in [3.63, 3.8) is 0 Å². The van der Waals surface area contributed by atoms with Crippen molar-refractivity contribution in [1.29, 1.82) is 0 Å².